The molecule has 0 aromatic heterocycles. The van der Waals surface area contributed by atoms with Gasteiger partial charge in [0.1, 0.15) is 13.6 Å². The predicted molar refractivity (Wildman–Crippen MR) is 51.5 cm³/mol. The van der Waals surface area contributed by atoms with Gasteiger partial charge in [-0.2, -0.15) is 6.08 Å². The maximum atomic E-state index is 8.00. The summed E-state index contributed by atoms with van der Waals surface area (Å²) in [7, 11) is 0. The van der Waals surface area contributed by atoms with Crippen molar-refractivity contribution in [2.24, 2.45) is 0 Å². The number of carbonyl (C=O) groups is 2. The third-order valence-corrected chi connectivity index (χ3v) is 1.15. The van der Waals surface area contributed by atoms with E-state index < -0.39 is 0 Å². The zero-order valence-corrected chi connectivity index (χ0v) is 9.89. The molecule has 0 fully saturated rings. The Labute approximate surface area is 93.9 Å². The van der Waals surface area contributed by atoms with Gasteiger partial charge in [-0.05, 0) is 0 Å². The molecule has 1 aliphatic rings. The van der Waals surface area contributed by atoms with E-state index in [9.17, 15) is 0 Å². The van der Waals surface area contributed by atoms with E-state index in [1.54, 1.807) is 0 Å². The first-order chi connectivity index (χ1) is 5.43. The second kappa shape index (κ2) is 22.5. The van der Waals surface area contributed by atoms with Crippen molar-refractivity contribution in [2.75, 3.05) is 0 Å². The summed E-state index contributed by atoms with van der Waals surface area (Å²) in [6.07, 6.45) is 9.65. The van der Waals surface area contributed by atoms with Crippen LogP contribution < -0.4 is 0 Å². The van der Waals surface area contributed by atoms with E-state index >= 15 is 0 Å². The summed E-state index contributed by atoms with van der Waals surface area (Å²) in [6, 6.07) is 0. The van der Waals surface area contributed by atoms with Crippen LogP contribution in [0.4, 0.5) is 0 Å². The molecular weight excluding hydrogens is 253 g/mol. The molecule has 0 saturated heterocycles. The van der Waals surface area contributed by atoms with E-state index in [4.69, 9.17) is 9.59 Å². The number of allylic oxidation sites excluding steroid dienone is 4. The van der Waals surface area contributed by atoms with Gasteiger partial charge in [-0.1, -0.05) is 13.3 Å². The third kappa shape index (κ3) is 14.3. The number of rotatable bonds is 1. The Morgan fingerprint density at radius 1 is 1.38 bits per heavy atom. The molecule has 0 aromatic rings. The number of carbonyl (C=O) groups excluding carboxylic acids is 2. The van der Waals surface area contributed by atoms with Crippen molar-refractivity contribution in [3.8, 4) is 0 Å². The maximum absolute atomic E-state index is 8.00. The van der Waals surface area contributed by atoms with Crippen LogP contribution in [0.15, 0.2) is 17.7 Å². The fourth-order valence-electron chi connectivity index (χ4n) is 0.693. The molecule has 1 aliphatic carbocycles. The fraction of sp³-hybridized carbons (Fsp3) is 0.300. The Hall–Kier alpha value is -0.557. The summed E-state index contributed by atoms with van der Waals surface area (Å²) < 4.78 is 0. The van der Waals surface area contributed by atoms with E-state index in [1.807, 2.05) is 13.6 Å². The molecule has 0 atom stereocenters. The molecule has 0 bridgehead atoms. The average Bonchev–Trinajstić information content (AvgIpc) is 2.63. The first kappa shape index (κ1) is 22.9. The maximum Gasteiger partial charge on any atom is 2.00 e. The van der Waals surface area contributed by atoms with E-state index in [0.717, 1.165) is 12.8 Å². The van der Waals surface area contributed by atoms with Crippen molar-refractivity contribution < 1.29 is 29.1 Å². The average molecular weight is 269 g/mol. The second-order valence-electron chi connectivity index (χ2n) is 1.66. The first-order valence-electron chi connectivity index (χ1n) is 3.27. The Kier molecular flexibility index (Phi) is 39.6. The summed E-state index contributed by atoms with van der Waals surface area (Å²) >= 11 is 0. The molecule has 13 heavy (non-hydrogen) atoms. The van der Waals surface area contributed by atoms with Crippen molar-refractivity contribution >= 4 is 13.6 Å². The van der Waals surface area contributed by atoms with Crippen LogP contribution in [0.3, 0.4) is 0 Å². The topological polar surface area (TPSA) is 34.1 Å². The summed E-state index contributed by atoms with van der Waals surface area (Å²) in [5, 5.41) is 0. The van der Waals surface area contributed by atoms with E-state index in [-0.39, 0.29) is 26.9 Å². The van der Waals surface area contributed by atoms with Gasteiger partial charge in [0, 0.05) is 0 Å². The zero-order valence-electron chi connectivity index (χ0n) is 8.15. The molecule has 0 heterocycles. The van der Waals surface area contributed by atoms with Crippen LogP contribution >= 0.6 is 0 Å². The summed E-state index contributed by atoms with van der Waals surface area (Å²) in [5.74, 6) is 0. The summed E-state index contributed by atoms with van der Waals surface area (Å²) in [5.41, 5.74) is 1.36. The van der Waals surface area contributed by atoms with E-state index in [0.29, 0.717) is 0 Å². The molecule has 0 N–H and O–H groups in total. The second-order valence-corrected chi connectivity index (χ2v) is 1.66. The van der Waals surface area contributed by atoms with Gasteiger partial charge in [-0.25, -0.2) is 11.6 Å². The molecular formula is C10H16O2Ru. The van der Waals surface area contributed by atoms with Crippen molar-refractivity contribution in [3.63, 3.8) is 0 Å². The molecule has 0 amide bonds. The normalized spacial score (nSPS) is 10.1. The van der Waals surface area contributed by atoms with Gasteiger partial charge in [0.15, 0.2) is 0 Å². The van der Waals surface area contributed by atoms with Gasteiger partial charge in [0.05, 0.1) is 0 Å². The van der Waals surface area contributed by atoms with Crippen LogP contribution in [0.2, 0.25) is 0 Å². The van der Waals surface area contributed by atoms with Gasteiger partial charge in [-0.15, -0.1) is 6.42 Å². The van der Waals surface area contributed by atoms with Crippen molar-refractivity contribution in [1.29, 1.82) is 0 Å². The van der Waals surface area contributed by atoms with Gasteiger partial charge in [0.2, 0.25) is 0 Å². The monoisotopic (exact) mass is 270 g/mol. The van der Waals surface area contributed by atoms with Crippen molar-refractivity contribution in [1.82, 2.24) is 0 Å². The molecule has 3 heteroatoms. The largest absolute Gasteiger partial charge is 2.00 e. The van der Waals surface area contributed by atoms with E-state index in [1.165, 1.54) is 5.57 Å². The minimum atomic E-state index is 0. The first-order valence-corrected chi connectivity index (χ1v) is 3.27. The smallest absolute Gasteiger partial charge is 0.358 e. The molecule has 0 aliphatic heterocycles. The van der Waals surface area contributed by atoms with Crippen LogP contribution in [0.25, 0.3) is 0 Å². The number of hydrogen-bond acceptors (Lipinski definition) is 2. The van der Waals surface area contributed by atoms with Gasteiger partial charge >= 0.3 is 19.5 Å². The predicted octanol–water partition coefficient (Wildman–Crippen LogP) is 2.16. The third-order valence-electron chi connectivity index (χ3n) is 1.15. The van der Waals surface area contributed by atoms with Crippen LogP contribution in [0, 0.1) is 13.5 Å². The van der Waals surface area contributed by atoms with Gasteiger partial charge in [0.25, 0.3) is 0 Å². The minimum Gasteiger partial charge on any atom is -0.358 e. The standard InChI is InChI=1S/C7H9.2CH2O.CH3.Ru/c1-2-7-5-3-4-6-7;2*1-2;;/h3,5H,2,4H2,1H3;2*1H2;1H3;/q-1;;;-1;+2. The summed E-state index contributed by atoms with van der Waals surface area (Å²) in [6.45, 7) is 6.15. The van der Waals surface area contributed by atoms with Crippen molar-refractivity contribution in [3.05, 3.63) is 31.2 Å². The number of hydrogen-bond donors (Lipinski definition) is 0. The molecule has 0 unspecified atom stereocenters. The Bertz CT molecular complexity index is 140. The zero-order chi connectivity index (χ0) is 9.11. The molecule has 76 valence electrons. The van der Waals surface area contributed by atoms with Crippen LogP contribution in [0.5, 0.6) is 0 Å². The van der Waals surface area contributed by atoms with E-state index in [2.05, 4.69) is 25.2 Å². The van der Waals surface area contributed by atoms with Gasteiger partial charge in [-0.3, -0.25) is 6.08 Å². The molecule has 0 saturated carbocycles. The van der Waals surface area contributed by atoms with Crippen LogP contribution in [-0.4, -0.2) is 13.6 Å². The molecule has 1 rings (SSSR count). The Morgan fingerprint density at radius 3 is 2.00 bits per heavy atom. The molecule has 2 nitrogen and oxygen atoms in total. The van der Waals surface area contributed by atoms with Gasteiger partial charge < -0.3 is 17.0 Å². The Balaban J connectivity index is -0.0000000607. The fourth-order valence-corrected chi connectivity index (χ4v) is 0.693. The summed E-state index contributed by atoms with van der Waals surface area (Å²) in [4.78, 5) is 16.0. The Morgan fingerprint density at radius 2 is 1.85 bits per heavy atom. The minimum absolute atomic E-state index is 0. The van der Waals surface area contributed by atoms with Crippen molar-refractivity contribution in [2.45, 2.75) is 19.8 Å². The van der Waals surface area contributed by atoms with Crippen LogP contribution in [0.1, 0.15) is 19.8 Å². The quantitative estimate of drug-likeness (QED) is 0.540. The molecule has 0 spiro atoms. The SMILES string of the molecule is C=O.C=O.CCC1=[C-]CC=C1.[CH3-].[Ru+2]. The van der Waals surface area contributed by atoms with Crippen LogP contribution in [-0.2, 0) is 29.1 Å². The molecule has 0 radical (unpaired) electrons. The molecule has 0 aromatic carbocycles.